The lowest BCUT2D eigenvalue weighted by atomic mass is 9.82. The van der Waals surface area contributed by atoms with Gasteiger partial charge in [0.2, 0.25) is 0 Å². The van der Waals surface area contributed by atoms with Crippen molar-refractivity contribution in [3.05, 3.63) is 30.5 Å². The molecule has 0 fully saturated rings. The van der Waals surface area contributed by atoms with Crippen LogP contribution in [0.4, 0.5) is 0 Å². The highest BCUT2D eigenvalue weighted by Gasteiger charge is 2.23. The standard InChI is InChI=1S/C12H17N3/c1-4-5-12(2,3)10-8-13-9-15-7-6-14-11(10)15/h6-9H,4-5H2,1-3H3. The Hall–Kier alpha value is -1.38. The molecule has 3 heteroatoms. The molecule has 2 heterocycles. The Bertz CT molecular complexity index is 457. The van der Waals surface area contributed by atoms with E-state index in [4.69, 9.17) is 0 Å². The normalized spacial score (nSPS) is 12.2. The number of hydrogen-bond acceptors (Lipinski definition) is 2. The van der Waals surface area contributed by atoms with Crippen LogP contribution in [0.25, 0.3) is 5.65 Å². The Labute approximate surface area is 90.2 Å². The molecule has 0 saturated carbocycles. The zero-order chi connectivity index (χ0) is 10.9. The van der Waals surface area contributed by atoms with Crippen LogP contribution in [-0.4, -0.2) is 14.4 Å². The molecule has 2 aromatic heterocycles. The minimum absolute atomic E-state index is 0.148. The molecule has 0 amide bonds. The van der Waals surface area contributed by atoms with E-state index in [1.54, 1.807) is 6.33 Å². The number of hydrogen-bond donors (Lipinski definition) is 0. The average Bonchev–Trinajstić information content (AvgIpc) is 2.64. The summed E-state index contributed by atoms with van der Waals surface area (Å²) in [6.07, 6.45) is 9.83. The Balaban J connectivity index is 2.55. The molecule has 2 rings (SSSR count). The lowest BCUT2D eigenvalue weighted by molar-refractivity contribution is 0.473. The zero-order valence-electron chi connectivity index (χ0n) is 9.57. The molecule has 0 aliphatic rings. The molecule has 0 atom stereocenters. The smallest absolute Gasteiger partial charge is 0.143 e. The fraction of sp³-hybridized carbons (Fsp3) is 0.500. The molecule has 0 N–H and O–H groups in total. The van der Waals surface area contributed by atoms with Gasteiger partial charge in [0.15, 0.2) is 0 Å². The molecule has 15 heavy (non-hydrogen) atoms. The Kier molecular flexibility index (Phi) is 2.47. The number of aromatic nitrogens is 3. The molecule has 80 valence electrons. The number of imidazole rings is 1. The van der Waals surface area contributed by atoms with Gasteiger partial charge in [0.05, 0.1) is 0 Å². The summed E-state index contributed by atoms with van der Waals surface area (Å²) < 4.78 is 1.98. The van der Waals surface area contributed by atoms with Gasteiger partial charge in [-0.3, -0.25) is 4.40 Å². The van der Waals surface area contributed by atoms with Crippen molar-refractivity contribution in [3.63, 3.8) is 0 Å². The van der Waals surface area contributed by atoms with Crippen LogP contribution < -0.4 is 0 Å². The summed E-state index contributed by atoms with van der Waals surface area (Å²) in [4.78, 5) is 8.65. The summed E-state index contributed by atoms with van der Waals surface area (Å²) in [6.45, 7) is 6.71. The van der Waals surface area contributed by atoms with Crippen molar-refractivity contribution >= 4 is 5.65 Å². The van der Waals surface area contributed by atoms with Crippen LogP contribution >= 0.6 is 0 Å². The van der Waals surface area contributed by atoms with Crippen molar-refractivity contribution in [1.29, 1.82) is 0 Å². The van der Waals surface area contributed by atoms with Crippen molar-refractivity contribution in [3.8, 4) is 0 Å². The topological polar surface area (TPSA) is 30.2 Å². The average molecular weight is 203 g/mol. The summed E-state index contributed by atoms with van der Waals surface area (Å²) in [5.74, 6) is 0. The van der Waals surface area contributed by atoms with E-state index in [1.165, 1.54) is 12.0 Å². The molecule has 3 nitrogen and oxygen atoms in total. The quantitative estimate of drug-likeness (QED) is 0.767. The molecule has 0 aliphatic carbocycles. The first-order chi connectivity index (χ1) is 7.15. The fourth-order valence-corrected chi connectivity index (χ4v) is 2.09. The van der Waals surface area contributed by atoms with E-state index in [9.17, 15) is 0 Å². The second-order valence-electron chi connectivity index (χ2n) is 4.60. The van der Waals surface area contributed by atoms with E-state index in [2.05, 4.69) is 30.7 Å². The third kappa shape index (κ3) is 1.74. The van der Waals surface area contributed by atoms with Crippen molar-refractivity contribution in [1.82, 2.24) is 14.4 Å². The van der Waals surface area contributed by atoms with Crippen molar-refractivity contribution in [2.75, 3.05) is 0 Å². The van der Waals surface area contributed by atoms with Crippen LogP contribution in [0.1, 0.15) is 39.2 Å². The molecule has 2 aromatic rings. The summed E-state index contributed by atoms with van der Waals surface area (Å²) >= 11 is 0. The molecular formula is C12H17N3. The molecule has 0 radical (unpaired) electrons. The van der Waals surface area contributed by atoms with E-state index in [0.29, 0.717) is 0 Å². The number of fused-ring (bicyclic) bond motifs is 1. The number of rotatable bonds is 3. The molecule has 0 bridgehead atoms. The van der Waals surface area contributed by atoms with E-state index >= 15 is 0 Å². The Morgan fingerprint density at radius 1 is 1.40 bits per heavy atom. The van der Waals surface area contributed by atoms with Gasteiger partial charge < -0.3 is 0 Å². The molecule has 0 unspecified atom stereocenters. The SMILES string of the molecule is CCCC(C)(C)c1cncn2ccnc12. The van der Waals surface area contributed by atoms with Crippen LogP contribution in [-0.2, 0) is 5.41 Å². The number of nitrogens with zero attached hydrogens (tertiary/aromatic N) is 3. The molecule has 0 spiro atoms. The van der Waals surface area contributed by atoms with Gasteiger partial charge in [0, 0.05) is 24.2 Å². The van der Waals surface area contributed by atoms with Crippen molar-refractivity contribution < 1.29 is 0 Å². The maximum Gasteiger partial charge on any atom is 0.143 e. The monoisotopic (exact) mass is 203 g/mol. The van der Waals surface area contributed by atoms with Crippen LogP contribution in [0.15, 0.2) is 24.9 Å². The van der Waals surface area contributed by atoms with Gasteiger partial charge in [-0.25, -0.2) is 9.97 Å². The molecule has 0 saturated heterocycles. The molecule has 0 aromatic carbocycles. The van der Waals surface area contributed by atoms with Crippen LogP contribution in [0.5, 0.6) is 0 Å². The summed E-state index contributed by atoms with van der Waals surface area (Å²) in [5.41, 5.74) is 2.41. The Morgan fingerprint density at radius 3 is 2.93 bits per heavy atom. The third-order valence-electron chi connectivity index (χ3n) is 2.91. The summed E-state index contributed by atoms with van der Waals surface area (Å²) in [6, 6.07) is 0. The highest BCUT2D eigenvalue weighted by molar-refractivity contribution is 5.49. The minimum atomic E-state index is 0.148. The zero-order valence-corrected chi connectivity index (χ0v) is 9.57. The maximum atomic E-state index is 4.39. The fourth-order valence-electron chi connectivity index (χ4n) is 2.09. The van der Waals surface area contributed by atoms with Crippen LogP contribution in [0, 0.1) is 0 Å². The molecular weight excluding hydrogens is 186 g/mol. The highest BCUT2D eigenvalue weighted by atomic mass is 15.0. The summed E-state index contributed by atoms with van der Waals surface area (Å²) in [7, 11) is 0. The highest BCUT2D eigenvalue weighted by Crippen LogP contribution is 2.29. The second-order valence-corrected chi connectivity index (χ2v) is 4.60. The van der Waals surface area contributed by atoms with Gasteiger partial charge in [-0.15, -0.1) is 0 Å². The summed E-state index contributed by atoms with van der Waals surface area (Å²) in [5, 5.41) is 0. The Morgan fingerprint density at radius 2 is 2.20 bits per heavy atom. The first-order valence-corrected chi connectivity index (χ1v) is 5.42. The predicted octanol–water partition coefficient (Wildman–Crippen LogP) is 2.81. The largest absolute Gasteiger partial charge is 0.290 e. The first-order valence-electron chi connectivity index (χ1n) is 5.42. The molecule has 0 aliphatic heterocycles. The van der Waals surface area contributed by atoms with Gasteiger partial charge >= 0.3 is 0 Å². The van der Waals surface area contributed by atoms with Crippen LogP contribution in [0.3, 0.4) is 0 Å². The van der Waals surface area contributed by atoms with E-state index in [1.807, 2.05) is 23.0 Å². The lowest BCUT2D eigenvalue weighted by Crippen LogP contribution is -2.18. The van der Waals surface area contributed by atoms with E-state index in [0.717, 1.165) is 12.1 Å². The predicted molar refractivity (Wildman–Crippen MR) is 60.9 cm³/mol. The second kappa shape index (κ2) is 3.65. The van der Waals surface area contributed by atoms with E-state index < -0.39 is 0 Å². The van der Waals surface area contributed by atoms with Crippen LogP contribution in [0.2, 0.25) is 0 Å². The van der Waals surface area contributed by atoms with Gasteiger partial charge in [0.25, 0.3) is 0 Å². The van der Waals surface area contributed by atoms with Gasteiger partial charge in [-0.2, -0.15) is 0 Å². The van der Waals surface area contributed by atoms with Gasteiger partial charge in [-0.1, -0.05) is 27.2 Å². The van der Waals surface area contributed by atoms with Crippen molar-refractivity contribution in [2.24, 2.45) is 0 Å². The third-order valence-corrected chi connectivity index (χ3v) is 2.91. The van der Waals surface area contributed by atoms with E-state index in [-0.39, 0.29) is 5.41 Å². The minimum Gasteiger partial charge on any atom is -0.290 e. The maximum absolute atomic E-state index is 4.39. The van der Waals surface area contributed by atoms with Gasteiger partial charge in [-0.05, 0) is 11.8 Å². The first kappa shape index (κ1) is 10.1. The lowest BCUT2D eigenvalue weighted by Gasteiger charge is -2.24. The van der Waals surface area contributed by atoms with Crippen molar-refractivity contribution in [2.45, 2.75) is 39.0 Å². The van der Waals surface area contributed by atoms with Gasteiger partial charge in [0.1, 0.15) is 12.0 Å².